The van der Waals surface area contributed by atoms with Crippen LogP contribution in [-0.2, 0) is 0 Å². The summed E-state index contributed by atoms with van der Waals surface area (Å²) in [4.78, 5) is 2.45. The van der Waals surface area contributed by atoms with Gasteiger partial charge < -0.3 is 5.32 Å². The van der Waals surface area contributed by atoms with Gasteiger partial charge in [0, 0.05) is 17.7 Å². The zero-order valence-corrected chi connectivity index (χ0v) is 8.57. The van der Waals surface area contributed by atoms with Crippen LogP contribution < -0.4 is 5.32 Å². The minimum atomic E-state index is 0.892. The van der Waals surface area contributed by atoms with Crippen LogP contribution in [0.3, 0.4) is 0 Å². The van der Waals surface area contributed by atoms with Gasteiger partial charge in [-0.15, -0.1) is 11.8 Å². The van der Waals surface area contributed by atoms with Crippen LogP contribution in [0.25, 0.3) is 0 Å². The summed E-state index contributed by atoms with van der Waals surface area (Å²) < 4.78 is 0. The van der Waals surface area contributed by atoms with Crippen LogP contribution in [0.5, 0.6) is 0 Å². The van der Waals surface area contributed by atoms with E-state index in [1.807, 2.05) is 0 Å². The number of hydrogen-bond acceptors (Lipinski definition) is 3. The van der Waals surface area contributed by atoms with Gasteiger partial charge >= 0.3 is 0 Å². The molecule has 0 aromatic rings. The van der Waals surface area contributed by atoms with Gasteiger partial charge in [-0.05, 0) is 38.9 Å². The molecule has 2 heterocycles. The molecule has 2 aliphatic rings. The van der Waals surface area contributed by atoms with Crippen molar-refractivity contribution in [2.24, 2.45) is 5.92 Å². The standard InChI is InChI=1S/C9H18N2S/c1-11-5-3-8-2-4-10-6-9(8)12-7-11/h8-10H,2-7H2,1H3. The summed E-state index contributed by atoms with van der Waals surface area (Å²) >= 11 is 2.14. The summed E-state index contributed by atoms with van der Waals surface area (Å²) in [5.41, 5.74) is 0. The number of nitrogens with zero attached hydrogens (tertiary/aromatic N) is 1. The van der Waals surface area contributed by atoms with Crippen molar-refractivity contribution in [3.8, 4) is 0 Å². The van der Waals surface area contributed by atoms with Gasteiger partial charge in [-0.2, -0.15) is 0 Å². The third kappa shape index (κ3) is 1.95. The maximum atomic E-state index is 3.49. The first-order valence-electron chi connectivity index (χ1n) is 4.87. The Balaban J connectivity index is 1.94. The lowest BCUT2D eigenvalue weighted by Gasteiger charge is -2.29. The topological polar surface area (TPSA) is 15.3 Å². The molecule has 0 bridgehead atoms. The Hall–Kier alpha value is 0.270. The molecule has 12 heavy (non-hydrogen) atoms. The average Bonchev–Trinajstić information content (AvgIpc) is 2.29. The minimum Gasteiger partial charge on any atom is -0.316 e. The van der Waals surface area contributed by atoms with Crippen LogP contribution in [0.15, 0.2) is 0 Å². The number of piperidine rings is 1. The Labute approximate surface area is 79.1 Å². The lowest BCUT2D eigenvalue weighted by molar-refractivity contribution is 0.317. The van der Waals surface area contributed by atoms with Gasteiger partial charge in [0.05, 0.1) is 0 Å². The Bertz CT molecular complexity index is 135. The summed E-state index contributed by atoms with van der Waals surface area (Å²) in [5.74, 6) is 2.21. The first-order chi connectivity index (χ1) is 5.86. The summed E-state index contributed by atoms with van der Waals surface area (Å²) in [6.07, 6.45) is 2.81. The summed E-state index contributed by atoms with van der Waals surface area (Å²) in [5, 5.41) is 4.38. The SMILES string of the molecule is CN1CCC2CCNCC2SC1. The highest BCUT2D eigenvalue weighted by molar-refractivity contribution is 7.99. The van der Waals surface area contributed by atoms with Crippen LogP contribution in [0.4, 0.5) is 0 Å². The normalized spacial score (nSPS) is 38.8. The fraction of sp³-hybridized carbons (Fsp3) is 1.00. The Morgan fingerprint density at radius 2 is 2.33 bits per heavy atom. The van der Waals surface area contributed by atoms with E-state index in [4.69, 9.17) is 0 Å². The number of thioether (sulfide) groups is 1. The fourth-order valence-electron chi connectivity index (χ4n) is 2.08. The van der Waals surface area contributed by atoms with Gasteiger partial charge in [-0.3, -0.25) is 4.90 Å². The van der Waals surface area contributed by atoms with Crippen molar-refractivity contribution >= 4 is 11.8 Å². The van der Waals surface area contributed by atoms with Crippen molar-refractivity contribution in [3.63, 3.8) is 0 Å². The van der Waals surface area contributed by atoms with Crippen LogP contribution in [0, 0.1) is 5.92 Å². The molecular formula is C9H18N2S. The molecule has 2 rings (SSSR count). The smallest absolute Gasteiger partial charge is 0.0444 e. The van der Waals surface area contributed by atoms with Gasteiger partial charge in [-0.25, -0.2) is 0 Å². The van der Waals surface area contributed by atoms with Gasteiger partial charge in [-0.1, -0.05) is 0 Å². The molecule has 0 aromatic heterocycles. The molecule has 2 unspecified atom stereocenters. The van der Waals surface area contributed by atoms with E-state index in [1.165, 1.54) is 38.4 Å². The molecule has 0 aromatic carbocycles. The van der Waals surface area contributed by atoms with Crippen molar-refractivity contribution < 1.29 is 0 Å². The Kier molecular flexibility index (Phi) is 2.94. The molecule has 2 fully saturated rings. The van der Waals surface area contributed by atoms with E-state index in [9.17, 15) is 0 Å². The molecule has 2 aliphatic heterocycles. The van der Waals surface area contributed by atoms with Gasteiger partial charge in [0.25, 0.3) is 0 Å². The highest BCUT2D eigenvalue weighted by Crippen LogP contribution is 2.30. The van der Waals surface area contributed by atoms with E-state index in [-0.39, 0.29) is 0 Å². The maximum absolute atomic E-state index is 3.49. The highest BCUT2D eigenvalue weighted by Gasteiger charge is 2.27. The monoisotopic (exact) mass is 186 g/mol. The van der Waals surface area contributed by atoms with Crippen LogP contribution in [-0.4, -0.2) is 42.7 Å². The van der Waals surface area contributed by atoms with E-state index in [2.05, 4.69) is 29.0 Å². The Morgan fingerprint density at radius 1 is 1.42 bits per heavy atom. The van der Waals surface area contributed by atoms with E-state index in [0.717, 1.165) is 11.2 Å². The third-order valence-electron chi connectivity index (χ3n) is 2.95. The molecule has 2 saturated heterocycles. The molecule has 0 spiro atoms. The molecule has 2 atom stereocenters. The zero-order valence-electron chi connectivity index (χ0n) is 7.75. The lowest BCUT2D eigenvalue weighted by Crippen LogP contribution is -2.38. The summed E-state index contributed by atoms with van der Waals surface area (Å²) in [6, 6.07) is 0. The number of rotatable bonds is 0. The van der Waals surface area contributed by atoms with Crippen molar-refractivity contribution in [3.05, 3.63) is 0 Å². The second kappa shape index (κ2) is 3.99. The molecule has 0 radical (unpaired) electrons. The average molecular weight is 186 g/mol. The minimum absolute atomic E-state index is 0.892. The molecule has 2 nitrogen and oxygen atoms in total. The fourth-order valence-corrected chi connectivity index (χ4v) is 3.44. The second-order valence-corrected chi connectivity index (χ2v) is 5.15. The quantitative estimate of drug-likeness (QED) is 0.607. The van der Waals surface area contributed by atoms with E-state index < -0.39 is 0 Å². The van der Waals surface area contributed by atoms with Gasteiger partial charge in [0.2, 0.25) is 0 Å². The van der Waals surface area contributed by atoms with Crippen molar-refractivity contribution in [1.29, 1.82) is 0 Å². The van der Waals surface area contributed by atoms with Crippen LogP contribution in [0.2, 0.25) is 0 Å². The first-order valence-corrected chi connectivity index (χ1v) is 5.92. The number of fused-ring (bicyclic) bond motifs is 1. The molecule has 0 amide bonds. The second-order valence-electron chi connectivity index (χ2n) is 3.96. The third-order valence-corrected chi connectivity index (χ3v) is 4.52. The van der Waals surface area contributed by atoms with Crippen molar-refractivity contribution in [2.45, 2.75) is 18.1 Å². The van der Waals surface area contributed by atoms with Gasteiger partial charge in [0.1, 0.15) is 0 Å². The predicted molar refractivity (Wildman–Crippen MR) is 54.5 cm³/mol. The number of hydrogen-bond donors (Lipinski definition) is 1. The molecular weight excluding hydrogens is 168 g/mol. The van der Waals surface area contributed by atoms with E-state index in [0.29, 0.717) is 0 Å². The lowest BCUT2D eigenvalue weighted by atomic mass is 9.94. The molecule has 1 N–H and O–H groups in total. The van der Waals surface area contributed by atoms with Crippen molar-refractivity contribution in [2.75, 3.05) is 32.6 Å². The predicted octanol–water partition coefficient (Wildman–Crippen LogP) is 0.991. The number of nitrogens with one attached hydrogen (secondary N) is 1. The van der Waals surface area contributed by atoms with Crippen molar-refractivity contribution in [1.82, 2.24) is 10.2 Å². The summed E-state index contributed by atoms with van der Waals surface area (Å²) in [7, 11) is 2.23. The van der Waals surface area contributed by atoms with E-state index >= 15 is 0 Å². The molecule has 70 valence electrons. The van der Waals surface area contributed by atoms with Gasteiger partial charge in [0.15, 0.2) is 0 Å². The molecule has 0 aliphatic carbocycles. The van der Waals surface area contributed by atoms with Crippen LogP contribution >= 0.6 is 11.8 Å². The largest absolute Gasteiger partial charge is 0.316 e. The summed E-state index contributed by atoms with van der Waals surface area (Å²) in [6.45, 7) is 3.78. The zero-order chi connectivity index (χ0) is 8.39. The van der Waals surface area contributed by atoms with E-state index in [1.54, 1.807) is 0 Å². The Morgan fingerprint density at radius 3 is 3.25 bits per heavy atom. The highest BCUT2D eigenvalue weighted by atomic mass is 32.2. The molecule has 0 saturated carbocycles. The van der Waals surface area contributed by atoms with Crippen LogP contribution in [0.1, 0.15) is 12.8 Å². The molecule has 3 heteroatoms. The first kappa shape index (κ1) is 8.85. The maximum Gasteiger partial charge on any atom is 0.0444 e.